The van der Waals surface area contributed by atoms with Gasteiger partial charge in [0.25, 0.3) is 5.56 Å². The summed E-state index contributed by atoms with van der Waals surface area (Å²) < 4.78 is 5.62. The molecule has 1 aliphatic carbocycles. The third kappa shape index (κ3) is 4.11. The van der Waals surface area contributed by atoms with Crippen LogP contribution in [-0.2, 0) is 24.2 Å². The lowest BCUT2D eigenvalue weighted by Gasteiger charge is -2.10. The second-order valence-corrected chi connectivity index (χ2v) is 10.1. The normalized spacial score (nSPS) is 13.2. The molecule has 3 heterocycles. The van der Waals surface area contributed by atoms with Gasteiger partial charge < -0.3 is 9.72 Å². The number of nitrogens with one attached hydrogen (secondary N) is 1. The molecule has 5 aromatic rings. The summed E-state index contributed by atoms with van der Waals surface area (Å²) in [6, 6.07) is 16.4. The number of rotatable bonds is 4. The number of para-hydroxylation sites is 1. The number of aryl methyl sites for hydroxylation is 2. The SMILES string of the molecule is O=C(OCc1nc2sc3c(c2c(=O)[nH]1)CCCC3)c1cc(-c2ccc(Cl)cc2)nc2ccccc12. The third-order valence-corrected chi connectivity index (χ3v) is 7.73. The van der Waals surface area contributed by atoms with E-state index in [-0.39, 0.29) is 12.2 Å². The van der Waals surface area contributed by atoms with Crippen molar-refractivity contribution < 1.29 is 9.53 Å². The summed E-state index contributed by atoms with van der Waals surface area (Å²) >= 11 is 7.60. The Morgan fingerprint density at radius 3 is 2.71 bits per heavy atom. The van der Waals surface area contributed by atoms with Gasteiger partial charge in [0.15, 0.2) is 0 Å². The number of aromatic nitrogens is 3. The maximum absolute atomic E-state index is 13.2. The molecule has 2 aromatic carbocycles. The molecule has 0 bridgehead atoms. The van der Waals surface area contributed by atoms with Gasteiger partial charge in [0.05, 0.1) is 22.2 Å². The topological polar surface area (TPSA) is 84.9 Å². The van der Waals surface area contributed by atoms with E-state index in [2.05, 4.69) is 9.97 Å². The number of carbonyl (C=O) groups excluding carboxylic acids is 1. The van der Waals surface area contributed by atoms with Crippen LogP contribution in [0.3, 0.4) is 0 Å². The molecule has 0 aliphatic heterocycles. The number of aromatic amines is 1. The van der Waals surface area contributed by atoms with Crippen LogP contribution in [0.2, 0.25) is 5.02 Å². The predicted molar refractivity (Wildman–Crippen MR) is 138 cm³/mol. The van der Waals surface area contributed by atoms with Crippen molar-refractivity contribution in [3.05, 3.63) is 91.8 Å². The Kier molecular flexibility index (Phi) is 5.59. The Bertz CT molecular complexity index is 1660. The van der Waals surface area contributed by atoms with Gasteiger partial charge in [-0.2, -0.15) is 0 Å². The highest BCUT2D eigenvalue weighted by Gasteiger charge is 2.21. The lowest BCUT2D eigenvalue weighted by molar-refractivity contribution is 0.0464. The monoisotopic (exact) mass is 501 g/mol. The van der Waals surface area contributed by atoms with E-state index < -0.39 is 5.97 Å². The standard InChI is InChI=1S/C27H20ClN3O3S/c28-16-11-9-15(10-12-16)21-13-19(17-5-1-3-7-20(17)29-21)27(33)34-14-23-30-25(32)24-18-6-2-4-8-22(18)35-26(24)31-23/h1,3,5,7,9-13H,2,4,6,8,14H2,(H,30,31,32). The summed E-state index contributed by atoms with van der Waals surface area (Å²) in [7, 11) is 0. The molecule has 174 valence electrons. The maximum Gasteiger partial charge on any atom is 0.339 e. The zero-order valence-electron chi connectivity index (χ0n) is 18.6. The Hall–Kier alpha value is -3.55. The van der Waals surface area contributed by atoms with Gasteiger partial charge in [-0.05, 0) is 55.5 Å². The zero-order valence-corrected chi connectivity index (χ0v) is 20.2. The first-order valence-corrected chi connectivity index (χ1v) is 12.6. The van der Waals surface area contributed by atoms with Crippen molar-refractivity contribution in [1.82, 2.24) is 15.0 Å². The van der Waals surface area contributed by atoms with E-state index in [1.54, 1.807) is 29.5 Å². The molecule has 0 saturated carbocycles. The largest absolute Gasteiger partial charge is 0.454 e. The molecule has 1 aliphatic rings. The summed E-state index contributed by atoms with van der Waals surface area (Å²) in [5.74, 6) is -0.169. The minimum atomic E-state index is -0.507. The summed E-state index contributed by atoms with van der Waals surface area (Å²) in [4.78, 5) is 40.1. The van der Waals surface area contributed by atoms with Gasteiger partial charge in [-0.15, -0.1) is 11.3 Å². The van der Waals surface area contributed by atoms with Gasteiger partial charge in [-0.1, -0.05) is 41.9 Å². The molecule has 0 saturated heterocycles. The Morgan fingerprint density at radius 1 is 1.06 bits per heavy atom. The van der Waals surface area contributed by atoms with Gasteiger partial charge in [0.2, 0.25) is 0 Å². The number of thiophene rings is 1. The second kappa shape index (κ2) is 8.91. The number of esters is 1. The van der Waals surface area contributed by atoms with Crippen molar-refractivity contribution in [1.29, 1.82) is 0 Å². The van der Waals surface area contributed by atoms with E-state index in [0.29, 0.717) is 43.2 Å². The minimum absolute atomic E-state index is 0.125. The van der Waals surface area contributed by atoms with Crippen molar-refractivity contribution in [2.75, 3.05) is 0 Å². The van der Waals surface area contributed by atoms with E-state index >= 15 is 0 Å². The van der Waals surface area contributed by atoms with Crippen LogP contribution in [0, 0.1) is 0 Å². The molecule has 8 heteroatoms. The first-order valence-electron chi connectivity index (χ1n) is 11.4. The van der Waals surface area contributed by atoms with E-state index in [9.17, 15) is 9.59 Å². The average Bonchev–Trinajstić information content (AvgIpc) is 3.26. The molecular formula is C27H20ClN3O3S. The molecule has 35 heavy (non-hydrogen) atoms. The number of benzene rings is 2. The fourth-order valence-corrected chi connectivity index (χ4v) is 6.01. The van der Waals surface area contributed by atoms with Gasteiger partial charge in [0, 0.05) is 20.8 Å². The van der Waals surface area contributed by atoms with Crippen LogP contribution >= 0.6 is 22.9 Å². The first kappa shape index (κ1) is 21.9. The number of fused-ring (bicyclic) bond motifs is 4. The van der Waals surface area contributed by atoms with Crippen LogP contribution in [0.25, 0.3) is 32.4 Å². The number of hydrogen-bond donors (Lipinski definition) is 1. The van der Waals surface area contributed by atoms with Gasteiger partial charge >= 0.3 is 5.97 Å². The third-order valence-electron chi connectivity index (χ3n) is 6.29. The summed E-state index contributed by atoms with van der Waals surface area (Å²) in [5.41, 5.74) is 3.53. The van der Waals surface area contributed by atoms with Crippen LogP contribution in [0.1, 0.15) is 39.5 Å². The fourth-order valence-electron chi connectivity index (χ4n) is 4.60. The van der Waals surface area contributed by atoms with Gasteiger partial charge in [-0.3, -0.25) is 4.79 Å². The molecule has 0 spiro atoms. The van der Waals surface area contributed by atoms with Gasteiger partial charge in [0.1, 0.15) is 17.3 Å². The lowest BCUT2D eigenvalue weighted by atomic mass is 9.97. The van der Waals surface area contributed by atoms with Crippen LogP contribution in [0.5, 0.6) is 0 Å². The molecule has 0 unspecified atom stereocenters. The van der Waals surface area contributed by atoms with Crippen molar-refractivity contribution in [2.45, 2.75) is 32.3 Å². The quantitative estimate of drug-likeness (QED) is 0.301. The first-order chi connectivity index (χ1) is 17.1. The number of carbonyl (C=O) groups is 1. The van der Waals surface area contributed by atoms with Crippen LogP contribution in [-0.4, -0.2) is 20.9 Å². The van der Waals surface area contributed by atoms with E-state index in [1.165, 1.54) is 4.88 Å². The Morgan fingerprint density at radius 2 is 1.86 bits per heavy atom. The van der Waals surface area contributed by atoms with E-state index in [0.717, 1.165) is 36.8 Å². The molecule has 6 nitrogen and oxygen atoms in total. The van der Waals surface area contributed by atoms with Crippen molar-refractivity contribution in [3.63, 3.8) is 0 Å². The Balaban J connectivity index is 1.32. The maximum atomic E-state index is 13.2. The second-order valence-electron chi connectivity index (χ2n) is 8.56. The predicted octanol–water partition coefficient (Wildman–Crippen LogP) is 6.09. The molecule has 0 atom stereocenters. The lowest BCUT2D eigenvalue weighted by Crippen LogP contribution is -2.15. The number of ether oxygens (including phenoxy) is 1. The zero-order chi connectivity index (χ0) is 23.9. The minimum Gasteiger partial charge on any atom is -0.454 e. The van der Waals surface area contributed by atoms with Crippen molar-refractivity contribution in [3.8, 4) is 11.3 Å². The summed E-state index contributed by atoms with van der Waals surface area (Å²) in [6.45, 7) is -0.125. The highest BCUT2D eigenvalue weighted by molar-refractivity contribution is 7.18. The summed E-state index contributed by atoms with van der Waals surface area (Å²) in [5, 5.41) is 2.00. The molecule has 3 aromatic heterocycles. The number of pyridine rings is 1. The highest BCUT2D eigenvalue weighted by atomic mass is 35.5. The number of hydrogen-bond acceptors (Lipinski definition) is 6. The number of nitrogens with zero attached hydrogens (tertiary/aromatic N) is 2. The molecule has 6 rings (SSSR count). The average molecular weight is 502 g/mol. The molecule has 1 N–H and O–H groups in total. The molecular weight excluding hydrogens is 482 g/mol. The number of halogens is 1. The van der Waals surface area contributed by atoms with Crippen LogP contribution in [0.4, 0.5) is 0 Å². The number of H-pyrrole nitrogens is 1. The van der Waals surface area contributed by atoms with Gasteiger partial charge in [-0.25, -0.2) is 14.8 Å². The van der Waals surface area contributed by atoms with Crippen LogP contribution < -0.4 is 5.56 Å². The molecule has 0 fully saturated rings. The van der Waals surface area contributed by atoms with E-state index in [1.807, 2.05) is 36.4 Å². The van der Waals surface area contributed by atoms with E-state index in [4.69, 9.17) is 21.3 Å². The molecule has 0 radical (unpaired) electrons. The Labute approximate surface area is 209 Å². The smallest absolute Gasteiger partial charge is 0.339 e. The fraction of sp³-hybridized carbons (Fsp3) is 0.185. The molecule has 0 amide bonds. The van der Waals surface area contributed by atoms with Crippen molar-refractivity contribution >= 4 is 50.0 Å². The summed E-state index contributed by atoms with van der Waals surface area (Å²) in [6.07, 6.45) is 4.14. The van der Waals surface area contributed by atoms with Crippen molar-refractivity contribution in [2.24, 2.45) is 0 Å². The van der Waals surface area contributed by atoms with Crippen LogP contribution in [0.15, 0.2) is 59.4 Å². The highest BCUT2D eigenvalue weighted by Crippen LogP contribution is 2.33.